The summed E-state index contributed by atoms with van der Waals surface area (Å²) in [6, 6.07) is 22.0. The van der Waals surface area contributed by atoms with E-state index in [4.69, 9.17) is 9.26 Å². The second kappa shape index (κ2) is 6.65. The van der Waals surface area contributed by atoms with E-state index in [1.165, 1.54) is 5.39 Å². The van der Waals surface area contributed by atoms with Gasteiger partial charge in [-0.05, 0) is 23.6 Å². The fourth-order valence-electron chi connectivity index (χ4n) is 2.82. The molecule has 4 aromatic rings. The molecule has 0 atom stereocenters. The van der Waals surface area contributed by atoms with Gasteiger partial charge in [-0.3, -0.25) is 0 Å². The summed E-state index contributed by atoms with van der Waals surface area (Å²) >= 11 is 0. The SMILES string of the molecule is COc1ccccc1-c1noc(CNc2cccc3ccccc23)n1. The van der Waals surface area contributed by atoms with Crippen molar-refractivity contribution in [3.8, 4) is 17.1 Å². The second-order valence-corrected chi connectivity index (χ2v) is 5.59. The first-order valence-electron chi connectivity index (χ1n) is 8.03. The van der Waals surface area contributed by atoms with E-state index in [1.54, 1.807) is 7.11 Å². The van der Waals surface area contributed by atoms with Crippen molar-refractivity contribution in [3.05, 3.63) is 72.6 Å². The molecule has 25 heavy (non-hydrogen) atoms. The van der Waals surface area contributed by atoms with E-state index in [9.17, 15) is 0 Å². The first kappa shape index (κ1) is 15.2. The van der Waals surface area contributed by atoms with Gasteiger partial charge in [0, 0.05) is 11.1 Å². The number of ether oxygens (including phenoxy) is 1. The molecule has 0 radical (unpaired) electrons. The predicted molar refractivity (Wildman–Crippen MR) is 97.6 cm³/mol. The molecule has 0 bridgehead atoms. The third-order valence-electron chi connectivity index (χ3n) is 4.04. The van der Waals surface area contributed by atoms with E-state index in [0.717, 1.165) is 22.4 Å². The van der Waals surface area contributed by atoms with E-state index in [1.807, 2.05) is 48.5 Å². The van der Waals surface area contributed by atoms with Gasteiger partial charge in [-0.1, -0.05) is 53.7 Å². The Kier molecular flexibility index (Phi) is 4.04. The molecule has 1 heterocycles. The summed E-state index contributed by atoms with van der Waals surface area (Å²) in [5.41, 5.74) is 1.85. The molecule has 1 aromatic heterocycles. The van der Waals surface area contributed by atoms with Gasteiger partial charge in [-0.15, -0.1) is 0 Å². The van der Waals surface area contributed by atoms with E-state index >= 15 is 0 Å². The van der Waals surface area contributed by atoms with Gasteiger partial charge in [0.05, 0.1) is 19.2 Å². The van der Waals surface area contributed by atoms with Gasteiger partial charge >= 0.3 is 0 Å². The van der Waals surface area contributed by atoms with Gasteiger partial charge in [0.25, 0.3) is 0 Å². The number of rotatable bonds is 5. The first-order chi connectivity index (χ1) is 12.3. The maximum absolute atomic E-state index is 5.37. The van der Waals surface area contributed by atoms with Crippen LogP contribution in [0.1, 0.15) is 5.89 Å². The zero-order chi connectivity index (χ0) is 17.1. The summed E-state index contributed by atoms with van der Waals surface area (Å²) in [4.78, 5) is 4.46. The number of aromatic nitrogens is 2. The Morgan fingerprint density at radius 3 is 2.68 bits per heavy atom. The Morgan fingerprint density at radius 1 is 0.960 bits per heavy atom. The van der Waals surface area contributed by atoms with Crippen LogP contribution in [0, 0.1) is 0 Å². The van der Waals surface area contributed by atoms with Gasteiger partial charge in [-0.25, -0.2) is 0 Å². The summed E-state index contributed by atoms with van der Waals surface area (Å²) in [7, 11) is 1.63. The molecule has 0 saturated carbocycles. The van der Waals surface area contributed by atoms with Gasteiger partial charge in [0.1, 0.15) is 5.75 Å². The molecule has 0 amide bonds. The van der Waals surface area contributed by atoms with Crippen LogP contribution in [-0.4, -0.2) is 17.3 Å². The van der Waals surface area contributed by atoms with Crippen molar-refractivity contribution in [2.45, 2.75) is 6.54 Å². The quantitative estimate of drug-likeness (QED) is 0.583. The molecule has 3 aromatic carbocycles. The van der Waals surface area contributed by atoms with Crippen LogP contribution < -0.4 is 10.1 Å². The van der Waals surface area contributed by atoms with Crippen molar-refractivity contribution in [2.24, 2.45) is 0 Å². The van der Waals surface area contributed by atoms with Gasteiger partial charge in [0.2, 0.25) is 11.7 Å². The number of methoxy groups -OCH3 is 1. The van der Waals surface area contributed by atoms with Gasteiger partial charge in [-0.2, -0.15) is 4.98 Å². The number of hydrogen-bond donors (Lipinski definition) is 1. The van der Waals surface area contributed by atoms with Crippen molar-refractivity contribution in [3.63, 3.8) is 0 Å². The molecule has 4 rings (SSSR count). The average molecular weight is 331 g/mol. The molecule has 0 aliphatic heterocycles. The van der Waals surface area contributed by atoms with Crippen LogP contribution in [0.3, 0.4) is 0 Å². The fourth-order valence-corrected chi connectivity index (χ4v) is 2.82. The molecule has 5 heteroatoms. The highest BCUT2D eigenvalue weighted by Gasteiger charge is 2.12. The Balaban J connectivity index is 1.55. The van der Waals surface area contributed by atoms with Crippen LogP contribution in [0.15, 0.2) is 71.3 Å². The third kappa shape index (κ3) is 3.04. The topological polar surface area (TPSA) is 60.2 Å². The smallest absolute Gasteiger partial charge is 0.246 e. The summed E-state index contributed by atoms with van der Waals surface area (Å²) < 4.78 is 10.7. The lowest BCUT2D eigenvalue weighted by atomic mass is 10.1. The number of para-hydroxylation sites is 1. The number of benzene rings is 3. The highest BCUT2D eigenvalue weighted by Crippen LogP contribution is 2.27. The zero-order valence-electron chi connectivity index (χ0n) is 13.8. The minimum absolute atomic E-state index is 0.455. The molecule has 0 unspecified atom stereocenters. The zero-order valence-corrected chi connectivity index (χ0v) is 13.8. The Morgan fingerprint density at radius 2 is 1.76 bits per heavy atom. The van der Waals surface area contributed by atoms with Gasteiger partial charge in [0.15, 0.2) is 0 Å². The van der Waals surface area contributed by atoms with Crippen LogP contribution in [0.25, 0.3) is 22.2 Å². The lowest BCUT2D eigenvalue weighted by Crippen LogP contribution is -2.00. The van der Waals surface area contributed by atoms with Crippen molar-refractivity contribution < 1.29 is 9.26 Å². The molecular formula is C20H17N3O2. The predicted octanol–water partition coefficient (Wildman–Crippen LogP) is 4.51. The standard InChI is InChI=1S/C20H17N3O2/c1-24-18-12-5-4-10-16(18)20-22-19(25-23-20)13-21-17-11-6-8-14-7-2-3-9-15(14)17/h2-12,21H,13H2,1H3. The third-order valence-corrected chi connectivity index (χ3v) is 4.04. The lowest BCUT2D eigenvalue weighted by Gasteiger charge is -2.07. The molecule has 0 aliphatic carbocycles. The minimum atomic E-state index is 0.455. The first-order valence-corrected chi connectivity index (χ1v) is 8.03. The molecule has 0 spiro atoms. The van der Waals surface area contributed by atoms with E-state index < -0.39 is 0 Å². The number of nitrogens with zero attached hydrogens (tertiary/aromatic N) is 2. The number of nitrogens with one attached hydrogen (secondary N) is 1. The highest BCUT2D eigenvalue weighted by atomic mass is 16.5. The average Bonchev–Trinajstić information content (AvgIpc) is 3.15. The van der Waals surface area contributed by atoms with E-state index in [-0.39, 0.29) is 0 Å². The maximum Gasteiger partial charge on any atom is 0.246 e. The van der Waals surface area contributed by atoms with Crippen molar-refractivity contribution >= 4 is 16.5 Å². The van der Waals surface area contributed by atoms with Crippen LogP contribution >= 0.6 is 0 Å². The summed E-state index contributed by atoms with van der Waals surface area (Å²) in [5.74, 6) is 1.76. The van der Waals surface area contributed by atoms with Crippen molar-refractivity contribution in [1.29, 1.82) is 0 Å². The Bertz CT molecular complexity index is 1010. The van der Waals surface area contributed by atoms with Crippen LogP contribution in [0.2, 0.25) is 0 Å². The number of fused-ring (bicyclic) bond motifs is 1. The molecule has 1 N–H and O–H groups in total. The van der Waals surface area contributed by atoms with Crippen molar-refractivity contribution in [2.75, 3.05) is 12.4 Å². The van der Waals surface area contributed by atoms with Crippen LogP contribution in [-0.2, 0) is 6.54 Å². The van der Waals surface area contributed by atoms with E-state index in [0.29, 0.717) is 18.3 Å². The molecule has 5 nitrogen and oxygen atoms in total. The monoisotopic (exact) mass is 331 g/mol. The van der Waals surface area contributed by atoms with Crippen LogP contribution in [0.5, 0.6) is 5.75 Å². The summed E-state index contributed by atoms with van der Waals surface area (Å²) in [5, 5.41) is 9.78. The largest absolute Gasteiger partial charge is 0.496 e. The molecule has 0 aliphatic rings. The number of anilines is 1. The molecule has 0 fully saturated rings. The second-order valence-electron chi connectivity index (χ2n) is 5.59. The molecule has 0 saturated heterocycles. The Hall–Kier alpha value is -3.34. The normalized spacial score (nSPS) is 10.8. The Labute approximate surface area is 145 Å². The molecule has 124 valence electrons. The van der Waals surface area contributed by atoms with Crippen molar-refractivity contribution in [1.82, 2.24) is 10.1 Å². The minimum Gasteiger partial charge on any atom is -0.496 e. The van der Waals surface area contributed by atoms with Gasteiger partial charge < -0.3 is 14.6 Å². The highest BCUT2D eigenvalue weighted by molar-refractivity contribution is 5.93. The number of hydrogen-bond acceptors (Lipinski definition) is 5. The lowest BCUT2D eigenvalue weighted by molar-refractivity contribution is 0.383. The summed E-state index contributed by atoms with van der Waals surface area (Å²) in [6.45, 7) is 0.455. The maximum atomic E-state index is 5.37. The summed E-state index contributed by atoms with van der Waals surface area (Å²) in [6.07, 6.45) is 0. The van der Waals surface area contributed by atoms with E-state index in [2.05, 4.69) is 33.7 Å². The molecular weight excluding hydrogens is 314 g/mol. The van der Waals surface area contributed by atoms with Crippen LogP contribution in [0.4, 0.5) is 5.69 Å². The fraction of sp³-hybridized carbons (Fsp3) is 0.100.